The van der Waals surface area contributed by atoms with Gasteiger partial charge in [-0.05, 0) is 42.8 Å². The van der Waals surface area contributed by atoms with Crippen molar-refractivity contribution in [3.05, 3.63) is 40.8 Å². The van der Waals surface area contributed by atoms with Gasteiger partial charge in [0.05, 0.1) is 12.1 Å². The molecular formula is C13H13NO5S2. The lowest BCUT2D eigenvalue weighted by Crippen LogP contribution is -2.12. The van der Waals surface area contributed by atoms with Crippen molar-refractivity contribution < 1.29 is 23.4 Å². The zero-order valence-corrected chi connectivity index (χ0v) is 12.7. The third-order valence-corrected chi connectivity index (χ3v) is 5.62. The van der Waals surface area contributed by atoms with Crippen LogP contribution in [-0.2, 0) is 21.2 Å². The van der Waals surface area contributed by atoms with Gasteiger partial charge >= 0.3 is 5.97 Å². The van der Waals surface area contributed by atoms with Crippen molar-refractivity contribution in [2.24, 2.45) is 0 Å². The third kappa shape index (κ3) is 3.73. The summed E-state index contributed by atoms with van der Waals surface area (Å²) < 4.78 is 26.9. The second-order valence-electron chi connectivity index (χ2n) is 4.40. The van der Waals surface area contributed by atoms with E-state index in [1.54, 1.807) is 6.92 Å². The number of aliphatic carboxylic acids is 1. The van der Waals surface area contributed by atoms with Crippen LogP contribution in [0.25, 0.3) is 0 Å². The van der Waals surface area contributed by atoms with Crippen molar-refractivity contribution in [1.82, 2.24) is 0 Å². The summed E-state index contributed by atoms with van der Waals surface area (Å²) >= 11 is 0.916. The fraction of sp³-hybridized carbons (Fsp3) is 0.154. The number of carboxylic acids is 1. The highest BCUT2D eigenvalue weighted by Gasteiger charge is 2.18. The number of sulfonamides is 1. The van der Waals surface area contributed by atoms with Crippen molar-refractivity contribution in [2.45, 2.75) is 17.6 Å². The fourth-order valence-electron chi connectivity index (χ4n) is 1.70. The number of phenolic OH excluding ortho intramolecular Hbond substituents is 1. The van der Waals surface area contributed by atoms with Crippen LogP contribution in [-0.4, -0.2) is 24.6 Å². The second kappa shape index (κ2) is 5.74. The van der Waals surface area contributed by atoms with E-state index < -0.39 is 16.0 Å². The molecule has 21 heavy (non-hydrogen) atoms. The van der Waals surface area contributed by atoms with E-state index in [4.69, 9.17) is 5.11 Å². The van der Waals surface area contributed by atoms with Crippen molar-refractivity contribution >= 4 is 33.0 Å². The molecule has 0 fully saturated rings. The Kier molecular flexibility index (Phi) is 4.19. The molecule has 0 atom stereocenters. The largest absolute Gasteiger partial charge is 0.508 e. The Labute approximate surface area is 125 Å². The summed E-state index contributed by atoms with van der Waals surface area (Å²) in [5, 5.41) is 18.0. The van der Waals surface area contributed by atoms with E-state index in [0.29, 0.717) is 16.1 Å². The maximum Gasteiger partial charge on any atom is 0.308 e. The third-order valence-electron chi connectivity index (χ3n) is 2.68. The molecule has 2 aromatic rings. The van der Waals surface area contributed by atoms with Gasteiger partial charge in [-0.25, -0.2) is 8.42 Å². The molecule has 1 aromatic carbocycles. The zero-order chi connectivity index (χ0) is 15.6. The smallest absolute Gasteiger partial charge is 0.308 e. The highest BCUT2D eigenvalue weighted by Crippen LogP contribution is 2.27. The van der Waals surface area contributed by atoms with E-state index in [1.165, 1.54) is 30.3 Å². The van der Waals surface area contributed by atoms with Crippen LogP contribution in [0, 0.1) is 6.92 Å². The molecule has 1 aromatic heterocycles. The standard InChI is InChI=1S/C13H13NO5S2/c1-8-6-9(15)2-4-11(8)14-21(18,19)13-5-3-10(20-13)7-12(16)17/h2-6,14-15H,7H2,1H3,(H,16,17). The van der Waals surface area contributed by atoms with Crippen molar-refractivity contribution in [2.75, 3.05) is 4.72 Å². The van der Waals surface area contributed by atoms with E-state index >= 15 is 0 Å². The number of rotatable bonds is 5. The average molecular weight is 327 g/mol. The lowest BCUT2D eigenvalue weighted by atomic mass is 10.2. The quantitative estimate of drug-likeness (QED) is 0.730. The van der Waals surface area contributed by atoms with Gasteiger partial charge in [0.2, 0.25) is 0 Å². The molecule has 112 valence electrons. The molecule has 1 heterocycles. The number of aryl methyl sites for hydroxylation is 1. The summed E-state index contributed by atoms with van der Waals surface area (Å²) in [5.74, 6) is -0.960. The van der Waals surface area contributed by atoms with Gasteiger partial charge in [0.15, 0.2) is 0 Å². The Hall–Kier alpha value is -2.06. The molecule has 8 heteroatoms. The topological polar surface area (TPSA) is 104 Å². The molecule has 6 nitrogen and oxygen atoms in total. The molecular weight excluding hydrogens is 314 g/mol. The minimum absolute atomic E-state index is 0.0474. The molecule has 2 rings (SSSR count). The first-order valence-corrected chi connectivity index (χ1v) is 8.21. The van der Waals surface area contributed by atoms with E-state index in [1.807, 2.05) is 0 Å². The van der Waals surface area contributed by atoms with Crippen molar-refractivity contribution in [3.63, 3.8) is 0 Å². The molecule has 3 N–H and O–H groups in total. The minimum atomic E-state index is -3.77. The number of phenols is 1. The Balaban J connectivity index is 2.25. The van der Waals surface area contributed by atoms with Gasteiger partial charge in [0.1, 0.15) is 9.96 Å². The monoisotopic (exact) mass is 327 g/mol. The van der Waals surface area contributed by atoms with Crippen LogP contribution in [0.15, 0.2) is 34.5 Å². The predicted molar refractivity (Wildman–Crippen MR) is 79.3 cm³/mol. The molecule has 0 aliphatic heterocycles. The lowest BCUT2D eigenvalue weighted by molar-refractivity contribution is -0.136. The van der Waals surface area contributed by atoms with Gasteiger partial charge in [-0.15, -0.1) is 11.3 Å². The van der Waals surface area contributed by atoms with Crippen LogP contribution in [0.4, 0.5) is 5.69 Å². The number of aromatic hydroxyl groups is 1. The number of hydrogen-bond donors (Lipinski definition) is 3. The van der Waals surface area contributed by atoms with Gasteiger partial charge in [0, 0.05) is 4.88 Å². The first kappa shape index (κ1) is 15.3. The summed E-state index contributed by atoms with van der Waals surface area (Å²) in [5.41, 5.74) is 0.946. The summed E-state index contributed by atoms with van der Waals surface area (Å²) in [4.78, 5) is 11.1. The highest BCUT2D eigenvalue weighted by atomic mass is 32.2. The summed E-state index contributed by atoms with van der Waals surface area (Å²) in [6, 6.07) is 7.16. The summed E-state index contributed by atoms with van der Waals surface area (Å²) in [6.07, 6.45) is -0.210. The van der Waals surface area contributed by atoms with Crippen LogP contribution in [0.3, 0.4) is 0 Å². The van der Waals surface area contributed by atoms with E-state index in [9.17, 15) is 18.3 Å². The average Bonchev–Trinajstić information content (AvgIpc) is 2.81. The van der Waals surface area contributed by atoms with Gasteiger partial charge in [-0.2, -0.15) is 0 Å². The second-order valence-corrected chi connectivity index (χ2v) is 7.47. The summed E-state index contributed by atoms with van der Waals surface area (Å²) in [7, 11) is -3.77. The molecule has 0 unspecified atom stereocenters. The fourth-order valence-corrected chi connectivity index (χ4v) is 4.18. The predicted octanol–water partition coefficient (Wildman–Crippen LogP) is 2.19. The van der Waals surface area contributed by atoms with E-state index in [0.717, 1.165) is 11.3 Å². The number of carboxylic acid groups (broad SMARTS) is 1. The maximum atomic E-state index is 12.2. The zero-order valence-electron chi connectivity index (χ0n) is 11.0. The van der Waals surface area contributed by atoms with Crippen LogP contribution in [0.5, 0.6) is 5.75 Å². The van der Waals surface area contributed by atoms with Gasteiger partial charge in [0.25, 0.3) is 10.0 Å². The number of carbonyl (C=O) groups is 1. The van der Waals surface area contributed by atoms with Crippen LogP contribution in [0.2, 0.25) is 0 Å². The highest BCUT2D eigenvalue weighted by molar-refractivity contribution is 7.94. The first-order chi connectivity index (χ1) is 9.78. The summed E-state index contributed by atoms with van der Waals surface area (Å²) in [6.45, 7) is 1.67. The number of thiophene rings is 1. The first-order valence-electron chi connectivity index (χ1n) is 5.91. The SMILES string of the molecule is Cc1cc(O)ccc1NS(=O)(=O)c1ccc(CC(=O)O)s1. The molecule has 0 saturated heterocycles. The molecule has 0 saturated carbocycles. The van der Waals surface area contributed by atoms with Crippen LogP contribution >= 0.6 is 11.3 Å². The Morgan fingerprint density at radius 1 is 1.29 bits per heavy atom. The molecule has 0 aliphatic rings. The molecule has 0 amide bonds. The number of nitrogens with one attached hydrogen (secondary N) is 1. The number of anilines is 1. The lowest BCUT2D eigenvalue weighted by Gasteiger charge is -2.09. The molecule has 0 aliphatic carbocycles. The van der Waals surface area contributed by atoms with E-state index in [2.05, 4.69) is 4.72 Å². The molecule has 0 radical (unpaired) electrons. The van der Waals surface area contributed by atoms with Crippen molar-refractivity contribution in [1.29, 1.82) is 0 Å². The van der Waals surface area contributed by atoms with Crippen LogP contribution in [0.1, 0.15) is 10.4 Å². The van der Waals surface area contributed by atoms with Gasteiger partial charge < -0.3 is 10.2 Å². The number of hydrogen-bond acceptors (Lipinski definition) is 5. The Morgan fingerprint density at radius 3 is 2.62 bits per heavy atom. The Bertz CT molecular complexity index is 780. The normalized spacial score (nSPS) is 11.3. The maximum absolute atomic E-state index is 12.2. The van der Waals surface area contributed by atoms with Crippen molar-refractivity contribution in [3.8, 4) is 5.75 Å². The van der Waals surface area contributed by atoms with Crippen LogP contribution < -0.4 is 4.72 Å². The van der Waals surface area contributed by atoms with Gasteiger partial charge in [-0.3, -0.25) is 9.52 Å². The molecule has 0 spiro atoms. The van der Waals surface area contributed by atoms with Gasteiger partial charge in [-0.1, -0.05) is 0 Å². The van der Waals surface area contributed by atoms with E-state index in [-0.39, 0.29) is 16.4 Å². The Morgan fingerprint density at radius 2 is 2.00 bits per heavy atom. The molecule has 0 bridgehead atoms. The minimum Gasteiger partial charge on any atom is -0.508 e. The number of benzene rings is 1.